The summed E-state index contributed by atoms with van der Waals surface area (Å²) in [5.74, 6) is 0.712. The summed E-state index contributed by atoms with van der Waals surface area (Å²) >= 11 is 0. The quantitative estimate of drug-likeness (QED) is 0.816. The SMILES string of the molecule is COc1ccc(C(CN2CC(O)C2)=C(F)B2OC(C)(C)C(C)(C)O2)cc1. The van der Waals surface area contributed by atoms with E-state index in [4.69, 9.17) is 14.0 Å². The van der Waals surface area contributed by atoms with Gasteiger partial charge in [-0.25, -0.2) is 4.39 Å². The van der Waals surface area contributed by atoms with Crippen molar-refractivity contribution < 1.29 is 23.5 Å². The molecule has 0 atom stereocenters. The second-order valence-corrected chi connectivity index (χ2v) is 7.99. The Labute approximate surface area is 154 Å². The van der Waals surface area contributed by atoms with Crippen molar-refractivity contribution in [1.29, 1.82) is 0 Å². The van der Waals surface area contributed by atoms with Gasteiger partial charge in [-0.15, -0.1) is 0 Å². The van der Waals surface area contributed by atoms with Crippen molar-refractivity contribution in [2.75, 3.05) is 26.7 Å². The van der Waals surface area contributed by atoms with E-state index < -0.39 is 24.0 Å². The van der Waals surface area contributed by atoms with Gasteiger partial charge in [0, 0.05) is 25.2 Å². The topological polar surface area (TPSA) is 51.2 Å². The third-order valence-electron chi connectivity index (χ3n) is 5.51. The van der Waals surface area contributed by atoms with E-state index in [0.717, 1.165) is 5.56 Å². The molecule has 2 heterocycles. The van der Waals surface area contributed by atoms with Gasteiger partial charge in [0.2, 0.25) is 0 Å². The molecular weight excluding hydrogens is 336 g/mol. The van der Waals surface area contributed by atoms with Gasteiger partial charge in [-0.2, -0.15) is 0 Å². The molecular formula is C19H27BFNO4. The summed E-state index contributed by atoms with van der Waals surface area (Å²) in [6.07, 6.45) is -0.341. The van der Waals surface area contributed by atoms with Gasteiger partial charge in [0.15, 0.2) is 0 Å². The van der Waals surface area contributed by atoms with Crippen LogP contribution < -0.4 is 4.74 Å². The minimum Gasteiger partial charge on any atom is -0.497 e. The minimum atomic E-state index is -1.04. The number of aliphatic hydroxyl groups excluding tert-OH is 1. The monoisotopic (exact) mass is 363 g/mol. The standard InChI is InChI=1S/C19H27BFNO4/c1-18(2)19(3,4)26-20(25-18)17(21)16(12-22-10-14(23)11-22)13-6-8-15(24-5)9-7-13/h6-9,14,23H,10-12H2,1-5H3. The molecule has 2 aliphatic rings. The van der Waals surface area contributed by atoms with Crippen LogP contribution in [0.1, 0.15) is 33.3 Å². The molecule has 2 aliphatic heterocycles. The summed E-state index contributed by atoms with van der Waals surface area (Å²) in [6.45, 7) is 9.07. The molecule has 1 N–H and O–H groups in total. The molecule has 0 spiro atoms. The molecule has 142 valence electrons. The van der Waals surface area contributed by atoms with Crippen molar-refractivity contribution in [1.82, 2.24) is 4.90 Å². The lowest BCUT2D eigenvalue weighted by Crippen LogP contribution is -2.51. The smallest absolute Gasteiger partial charge is 0.497 e. The molecule has 3 rings (SSSR count). The molecule has 1 aromatic carbocycles. The highest BCUT2D eigenvalue weighted by Crippen LogP contribution is 2.40. The molecule has 26 heavy (non-hydrogen) atoms. The molecule has 0 amide bonds. The van der Waals surface area contributed by atoms with Crippen LogP contribution >= 0.6 is 0 Å². The fourth-order valence-electron chi connectivity index (χ4n) is 3.08. The van der Waals surface area contributed by atoms with Crippen molar-refractivity contribution in [3.05, 3.63) is 35.6 Å². The summed E-state index contributed by atoms with van der Waals surface area (Å²) in [5, 5.41) is 9.54. The molecule has 1 aromatic rings. The van der Waals surface area contributed by atoms with Gasteiger partial charge in [-0.1, -0.05) is 12.1 Å². The number of methoxy groups -OCH3 is 1. The molecule has 0 radical (unpaired) electrons. The minimum absolute atomic E-state index is 0.341. The number of rotatable bonds is 5. The van der Waals surface area contributed by atoms with E-state index in [2.05, 4.69) is 0 Å². The van der Waals surface area contributed by atoms with Crippen LogP contribution in [0.4, 0.5) is 4.39 Å². The number of halogens is 1. The van der Waals surface area contributed by atoms with Gasteiger partial charge in [-0.05, 0) is 45.4 Å². The van der Waals surface area contributed by atoms with Crippen molar-refractivity contribution in [2.45, 2.75) is 45.0 Å². The summed E-state index contributed by atoms with van der Waals surface area (Å²) in [7, 11) is 0.557. The van der Waals surface area contributed by atoms with E-state index >= 15 is 4.39 Å². The molecule has 7 heteroatoms. The average Bonchev–Trinajstić information content (AvgIpc) is 2.78. The highest BCUT2D eigenvalue weighted by Gasteiger charge is 2.53. The lowest BCUT2D eigenvalue weighted by Gasteiger charge is -2.36. The Morgan fingerprint density at radius 2 is 1.73 bits per heavy atom. The van der Waals surface area contributed by atoms with Crippen LogP contribution in [0.3, 0.4) is 0 Å². The maximum absolute atomic E-state index is 15.5. The van der Waals surface area contributed by atoms with E-state index in [1.807, 2.05) is 44.7 Å². The van der Waals surface area contributed by atoms with Crippen LogP contribution in [-0.2, 0) is 9.31 Å². The normalized spacial score (nSPS) is 23.6. The third-order valence-corrected chi connectivity index (χ3v) is 5.51. The molecule has 0 bridgehead atoms. The van der Waals surface area contributed by atoms with Gasteiger partial charge >= 0.3 is 7.12 Å². The fourth-order valence-corrected chi connectivity index (χ4v) is 3.08. The Morgan fingerprint density at radius 1 is 1.19 bits per heavy atom. The number of hydrogen-bond donors (Lipinski definition) is 1. The van der Waals surface area contributed by atoms with Crippen molar-refractivity contribution in [3.63, 3.8) is 0 Å². The predicted molar refractivity (Wildman–Crippen MR) is 99.6 cm³/mol. The molecule has 0 aromatic heterocycles. The Bertz CT molecular complexity index is 667. The van der Waals surface area contributed by atoms with Crippen LogP contribution in [0.25, 0.3) is 5.57 Å². The lowest BCUT2D eigenvalue weighted by molar-refractivity contribution is 0.00578. The zero-order chi connectivity index (χ0) is 19.1. The van der Waals surface area contributed by atoms with Gasteiger partial charge < -0.3 is 19.2 Å². The van der Waals surface area contributed by atoms with Crippen LogP contribution in [0.5, 0.6) is 5.75 Å². The van der Waals surface area contributed by atoms with Crippen LogP contribution in [0, 0.1) is 0 Å². The highest BCUT2D eigenvalue weighted by atomic mass is 19.1. The third kappa shape index (κ3) is 3.67. The maximum atomic E-state index is 15.5. The van der Waals surface area contributed by atoms with Crippen molar-refractivity contribution in [3.8, 4) is 5.75 Å². The van der Waals surface area contributed by atoms with E-state index in [1.54, 1.807) is 19.2 Å². The van der Waals surface area contributed by atoms with E-state index in [1.165, 1.54) is 0 Å². The number of benzene rings is 1. The van der Waals surface area contributed by atoms with Crippen LogP contribution in [-0.4, -0.2) is 61.2 Å². The number of β-amino-alcohol motifs (C(OH)–C–C–N with tert-alkyl or cyclic N) is 1. The number of nitrogens with zero attached hydrogens (tertiary/aromatic N) is 1. The fraction of sp³-hybridized carbons (Fsp3) is 0.579. The van der Waals surface area contributed by atoms with Crippen molar-refractivity contribution >= 4 is 12.7 Å². The first-order chi connectivity index (χ1) is 12.1. The average molecular weight is 363 g/mol. The maximum Gasteiger partial charge on any atom is 0.525 e. The van der Waals surface area contributed by atoms with Gasteiger partial charge in [0.1, 0.15) is 11.5 Å². The molecule has 0 aliphatic carbocycles. The molecule has 2 saturated heterocycles. The van der Waals surface area contributed by atoms with Crippen molar-refractivity contribution in [2.24, 2.45) is 0 Å². The molecule has 2 fully saturated rings. The van der Waals surface area contributed by atoms with Gasteiger partial charge in [0.25, 0.3) is 0 Å². The number of hydrogen-bond acceptors (Lipinski definition) is 5. The first-order valence-corrected chi connectivity index (χ1v) is 8.92. The summed E-state index contributed by atoms with van der Waals surface area (Å²) in [5.41, 5.74) is -0.368. The Hall–Kier alpha value is -1.41. The van der Waals surface area contributed by atoms with Crippen LogP contribution in [0.15, 0.2) is 30.0 Å². The van der Waals surface area contributed by atoms with Gasteiger partial charge in [0.05, 0.1) is 24.4 Å². The molecule has 0 unspecified atom stereocenters. The predicted octanol–water partition coefficient (Wildman–Crippen LogP) is 2.68. The molecule has 0 saturated carbocycles. The van der Waals surface area contributed by atoms with E-state index in [-0.39, 0.29) is 6.10 Å². The first kappa shape index (κ1) is 19.4. The zero-order valence-electron chi connectivity index (χ0n) is 16.1. The summed E-state index contributed by atoms with van der Waals surface area (Å²) in [6, 6.07) is 7.26. The highest BCUT2D eigenvalue weighted by molar-refractivity contribution is 6.55. The van der Waals surface area contributed by atoms with E-state index in [9.17, 15) is 5.11 Å². The Kier molecular flexibility index (Phi) is 5.18. The summed E-state index contributed by atoms with van der Waals surface area (Å²) in [4.78, 5) is 2.00. The Balaban J connectivity index is 1.91. The number of ether oxygens (including phenoxy) is 1. The number of aliphatic hydroxyl groups is 1. The van der Waals surface area contributed by atoms with Gasteiger partial charge in [-0.3, -0.25) is 4.90 Å². The first-order valence-electron chi connectivity index (χ1n) is 8.92. The Morgan fingerprint density at radius 3 is 2.19 bits per heavy atom. The molecule has 5 nitrogen and oxygen atoms in total. The number of likely N-dealkylation sites (tertiary alicyclic amines) is 1. The van der Waals surface area contributed by atoms with Crippen LogP contribution in [0.2, 0.25) is 0 Å². The lowest BCUT2D eigenvalue weighted by atomic mass is 9.82. The second kappa shape index (κ2) is 6.96. The summed E-state index contributed by atoms with van der Waals surface area (Å²) < 4.78 is 32.4. The van der Waals surface area contributed by atoms with E-state index in [0.29, 0.717) is 31.0 Å². The largest absolute Gasteiger partial charge is 0.525 e. The zero-order valence-corrected chi connectivity index (χ0v) is 16.1. The second-order valence-electron chi connectivity index (χ2n) is 7.99.